The lowest BCUT2D eigenvalue weighted by Gasteiger charge is -2.28. The predicted octanol–water partition coefficient (Wildman–Crippen LogP) is 9.69. The fourth-order valence-electron chi connectivity index (χ4n) is 7.04. The van der Waals surface area contributed by atoms with Crippen LogP contribution in [0.4, 0.5) is 0 Å². The molecule has 0 aliphatic heterocycles. The maximum absolute atomic E-state index is 12.1. The van der Waals surface area contributed by atoms with Crippen molar-refractivity contribution in [3.63, 3.8) is 0 Å². The highest BCUT2D eigenvalue weighted by atomic mass is 32.2. The summed E-state index contributed by atoms with van der Waals surface area (Å²) in [4.78, 5) is 0. The Hall–Kier alpha value is -2.06. The second-order valence-electron chi connectivity index (χ2n) is 15.3. The van der Waals surface area contributed by atoms with Gasteiger partial charge in [-0.2, -0.15) is 0 Å². The lowest BCUT2D eigenvalue weighted by atomic mass is 9.80. The van der Waals surface area contributed by atoms with Crippen LogP contribution in [0.3, 0.4) is 0 Å². The molecular formula is C41H66O6S2. The Kier molecular flexibility index (Phi) is 17.5. The number of unbranched alkanes of at least 4 members (excludes halogenated alkanes) is 1. The molecule has 0 bridgehead atoms. The molecule has 278 valence electrons. The highest BCUT2D eigenvalue weighted by Crippen LogP contribution is 2.34. The Bertz CT molecular complexity index is 1400. The molecular weight excluding hydrogens is 653 g/mol. The quantitative estimate of drug-likeness (QED) is 0.152. The number of methoxy groups -OCH3 is 1. The summed E-state index contributed by atoms with van der Waals surface area (Å²) in [5.41, 5.74) is 2.73. The number of rotatable bonds is 17. The number of sulfone groups is 2. The van der Waals surface area contributed by atoms with E-state index in [4.69, 9.17) is 9.47 Å². The molecule has 6 nitrogen and oxygen atoms in total. The molecule has 2 saturated carbocycles. The molecule has 2 aliphatic rings. The zero-order chi connectivity index (χ0) is 35.9. The van der Waals surface area contributed by atoms with Crippen LogP contribution in [-0.4, -0.2) is 52.6 Å². The first kappa shape index (κ1) is 41.4. The van der Waals surface area contributed by atoms with E-state index >= 15 is 0 Å². The Morgan fingerprint density at radius 1 is 0.592 bits per heavy atom. The average Bonchev–Trinajstić information content (AvgIpc) is 3.08. The topological polar surface area (TPSA) is 86.7 Å². The van der Waals surface area contributed by atoms with E-state index < -0.39 is 19.7 Å². The molecule has 0 heterocycles. The monoisotopic (exact) mass is 718 g/mol. The van der Waals surface area contributed by atoms with Crippen molar-refractivity contribution in [2.75, 3.05) is 25.2 Å². The molecule has 0 saturated heterocycles. The lowest BCUT2D eigenvalue weighted by molar-refractivity contribution is 0.278. The maximum atomic E-state index is 12.1. The summed E-state index contributed by atoms with van der Waals surface area (Å²) >= 11 is 0. The largest absolute Gasteiger partial charge is 0.497 e. The summed E-state index contributed by atoms with van der Waals surface area (Å²) in [6.07, 6.45) is 15.9. The Balaban J connectivity index is 0.000000267. The van der Waals surface area contributed by atoms with E-state index in [9.17, 15) is 16.8 Å². The summed E-state index contributed by atoms with van der Waals surface area (Å²) in [5.74, 6) is 4.88. The molecule has 49 heavy (non-hydrogen) atoms. The van der Waals surface area contributed by atoms with E-state index in [1.807, 2.05) is 12.1 Å². The van der Waals surface area contributed by atoms with Gasteiger partial charge < -0.3 is 9.47 Å². The van der Waals surface area contributed by atoms with Crippen molar-refractivity contribution >= 4 is 19.7 Å². The Morgan fingerprint density at radius 3 is 1.31 bits per heavy atom. The molecule has 2 aromatic carbocycles. The van der Waals surface area contributed by atoms with Gasteiger partial charge in [-0.05, 0) is 145 Å². The minimum absolute atomic E-state index is 0.240. The van der Waals surface area contributed by atoms with Gasteiger partial charge in [0.25, 0.3) is 0 Å². The van der Waals surface area contributed by atoms with E-state index in [1.54, 1.807) is 34.8 Å². The van der Waals surface area contributed by atoms with Crippen molar-refractivity contribution in [2.45, 2.75) is 135 Å². The van der Waals surface area contributed by atoms with Gasteiger partial charge in [-0.25, -0.2) is 16.8 Å². The summed E-state index contributed by atoms with van der Waals surface area (Å²) in [6.45, 7) is 10.1. The van der Waals surface area contributed by atoms with Gasteiger partial charge in [-0.3, -0.25) is 0 Å². The van der Waals surface area contributed by atoms with E-state index in [0.717, 1.165) is 81.3 Å². The molecule has 2 fully saturated rings. The molecule has 0 unspecified atom stereocenters. The van der Waals surface area contributed by atoms with E-state index in [0.29, 0.717) is 23.3 Å². The molecule has 0 atom stereocenters. The van der Waals surface area contributed by atoms with Crippen LogP contribution in [0.1, 0.15) is 123 Å². The zero-order valence-electron chi connectivity index (χ0n) is 31.4. The van der Waals surface area contributed by atoms with Crippen LogP contribution < -0.4 is 9.47 Å². The Labute approximate surface area is 300 Å². The first-order valence-electron chi connectivity index (χ1n) is 19.1. The number of hydrogen-bond acceptors (Lipinski definition) is 6. The van der Waals surface area contributed by atoms with Gasteiger partial charge in [-0.15, -0.1) is 0 Å². The van der Waals surface area contributed by atoms with Gasteiger partial charge in [0.05, 0.1) is 35.7 Å². The van der Waals surface area contributed by atoms with Crippen molar-refractivity contribution in [3.05, 3.63) is 59.7 Å². The first-order valence-corrected chi connectivity index (χ1v) is 22.5. The third-order valence-electron chi connectivity index (χ3n) is 10.8. The van der Waals surface area contributed by atoms with Gasteiger partial charge >= 0.3 is 0 Å². The first-order chi connectivity index (χ1) is 23.3. The van der Waals surface area contributed by atoms with Crippen LogP contribution in [0.15, 0.2) is 48.5 Å². The number of aryl methyl sites for hydroxylation is 2. The SMILES string of the molecule is CCCCOc1ccc(CCC2CCC(CS(=O)(=O)C(C)C)CC2)cc1.COc1ccc(CCC2CCC(CS(=O)(=O)C(C)C)CC2)cc1. The molecule has 0 spiro atoms. The molecule has 2 aromatic rings. The molecule has 0 amide bonds. The molecule has 8 heteroatoms. The minimum atomic E-state index is -2.90. The van der Waals surface area contributed by atoms with Gasteiger partial charge in [-0.1, -0.05) is 63.3 Å². The van der Waals surface area contributed by atoms with Crippen molar-refractivity contribution in [1.29, 1.82) is 0 Å². The minimum Gasteiger partial charge on any atom is -0.497 e. The van der Waals surface area contributed by atoms with Gasteiger partial charge in [0.15, 0.2) is 19.7 Å². The molecule has 0 radical (unpaired) electrons. The molecule has 4 rings (SSSR count). The van der Waals surface area contributed by atoms with Crippen LogP contribution in [0, 0.1) is 23.7 Å². The highest BCUT2D eigenvalue weighted by Gasteiger charge is 2.28. The van der Waals surface area contributed by atoms with Crippen molar-refractivity contribution < 1.29 is 26.3 Å². The number of benzene rings is 2. The Morgan fingerprint density at radius 2 is 0.959 bits per heavy atom. The summed E-state index contributed by atoms with van der Waals surface area (Å²) in [5, 5.41) is -0.482. The molecule has 2 aliphatic carbocycles. The molecule has 0 N–H and O–H groups in total. The van der Waals surface area contributed by atoms with Crippen LogP contribution in [-0.2, 0) is 32.5 Å². The summed E-state index contributed by atoms with van der Waals surface area (Å²) in [6, 6.07) is 16.8. The van der Waals surface area contributed by atoms with Crippen molar-refractivity contribution in [1.82, 2.24) is 0 Å². The standard InChI is InChI=1S/C22H36O3S.C19H30O3S/c1-4-5-16-25-22-14-12-20(13-15-22)7-6-19-8-10-21(11-9-19)17-26(23,24)18(2)3;1-15(2)23(20,21)14-18-8-6-16(7-9-18)4-5-17-10-12-19(22-3)13-11-17/h12-15,18-19,21H,4-11,16-17H2,1-3H3;10-13,15-16,18H,4-9,14H2,1-3H3. The van der Waals surface area contributed by atoms with Gasteiger partial charge in [0.2, 0.25) is 0 Å². The smallest absolute Gasteiger partial charge is 0.152 e. The average molecular weight is 719 g/mol. The predicted molar refractivity (Wildman–Crippen MR) is 205 cm³/mol. The zero-order valence-corrected chi connectivity index (χ0v) is 33.0. The van der Waals surface area contributed by atoms with Crippen LogP contribution in [0.25, 0.3) is 0 Å². The normalized spacial score (nSPS) is 21.6. The second kappa shape index (κ2) is 20.7. The van der Waals surface area contributed by atoms with E-state index in [2.05, 4.69) is 43.3 Å². The lowest BCUT2D eigenvalue weighted by Crippen LogP contribution is -2.26. The summed E-state index contributed by atoms with van der Waals surface area (Å²) < 4.78 is 59.1. The van der Waals surface area contributed by atoms with Crippen LogP contribution in [0.2, 0.25) is 0 Å². The van der Waals surface area contributed by atoms with E-state index in [-0.39, 0.29) is 10.5 Å². The fraction of sp³-hybridized carbons (Fsp3) is 0.707. The van der Waals surface area contributed by atoms with Crippen molar-refractivity contribution in [3.8, 4) is 11.5 Å². The van der Waals surface area contributed by atoms with Gasteiger partial charge in [0.1, 0.15) is 11.5 Å². The maximum Gasteiger partial charge on any atom is 0.152 e. The third kappa shape index (κ3) is 15.0. The number of ether oxygens (including phenoxy) is 2. The number of hydrogen-bond donors (Lipinski definition) is 0. The van der Waals surface area contributed by atoms with E-state index in [1.165, 1.54) is 49.7 Å². The second-order valence-corrected chi connectivity index (χ2v) is 20.5. The van der Waals surface area contributed by atoms with Crippen LogP contribution in [0.5, 0.6) is 11.5 Å². The molecule has 0 aromatic heterocycles. The summed E-state index contributed by atoms with van der Waals surface area (Å²) in [7, 11) is -4.10. The van der Waals surface area contributed by atoms with Crippen LogP contribution >= 0.6 is 0 Å². The highest BCUT2D eigenvalue weighted by molar-refractivity contribution is 7.92. The fourth-order valence-corrected chi connectivity index (χ4v) is 9.79. The van der Waals surface area contributed by atoms with Gasteiger partial charge in [0, 0.05) is 0 Å². The van der Waals surface area contributed by atoms with Crippen molar-refractivity contribution in [2.24, 2.45) is 23.7 Å². The third-order valence-corrected chi connectivity index (χ3v) is 15.6.